The first kappa shape index (κ1) is 18.6. The normalized spacial score (nSPS) is 14.9. The first-order valence-corrected chi connectivity index (χ1v) is 10.2. The smallest absolute Gasteiger partial charge is 0.289 e. The van der Waals surface area contributed by atoms with Gasteiger partial charge in [0.15, 0.2) is 5.82 Å². The van der Waals surface area contributed by atoms with E-state index in [9.17, 15) is 4.79 Å². The predicted molar refractivity (Wildman–Crippen MR) is 115 cm³/mol. The van der Waals surface area contributed by atoms with Crippen molar-refractivity contribution in [2.45, 2.75) is 18.9 Å². The molecule has 8 nitrogen and oxygen atoms in total. The lowest BCUT2D eigenvalue weighted by Gasteiger charge is -2.31. The second-order valence-corrected chi connectivity index (χ2v) is 7.69. The number of carbonyl (C=O) groups is 1. The van der Waals surface area contributed by atoms with E-state index in [-0.39, 0.29) is 11.9 Å². The standard InChI is InChI=1S/C21H20ClN7O/c22-16-12-26-21(28-18(16)15-11-25-17-4-2-1-3-14(15)17)27-13-5-9-29(10-6-13)20(30)19-23-7-8-24-19/h1-4,7-8,11-13,25H,5-6,9-10H2,(H,23,24)(H,26,27,28). The molecule has 3 aromatic heterocycles. The molecule has 9 heteroatoms. The average Bonchev–Trinajstić information content (AvgIpc) is 3.45. The number of aromatic amines is 2. The zero-order valence-electron chi connectivity index (χ0n) is 16.1. The minimum Gasteiger partial charge on any atom is -0.360 e. The molecule has 1 fully saturated rings. The Bertz CT molecular complexity index is 1180. The zero-order valence-corrected chi connectivity index (χ0v) is 16.9. The lowest BCUT2D eigenvalue weighted by molar-refractivity contribution is 0.0707. The van der Waals surface area contributed by atoms with Crippen LogP contribution in [0.2, 0.25) is 5.02 Å². The number of nitrogens with one attached hydrogen (secondary N) is 3. The number of benzene rings is 1. The van der Waals surface area contributed by atoms with Crippen LogP contribution in [0.3, 0.4) is 0 Å². The van der Waals surface area contributed by atoms with E-state index in [4.69, 9.17) is 11.6 Å². The molecule has 1 amide bonds. The molecule has 1 aliphatic rings. The van der Waals surface area contributed by atoms with E-state index in [1.807, 2.05) is 35.4 Å². The Morgan fingerprint density at radius 2 is 2.00 bits per heavy atom. The van der Waals surface area contributed by atoms with Crippen LogP contribution in [0.15, 0.2) is 49.1 Å². The molecule has 5 rings (SSSR count). The van der Waals surface area contributed by atoms with Gasteiger partial charge in [-0.3, -0.25) is 4.79 Å². The fraction of sp³-hybridized carbons (Fsp3) is 0.238. The molecule has 4 heterocycles. The van der Waals surface area contributed by atoms with Crippen LogP contribution in [0.5, 0.6) is 0 Å². The van der Waals surface area contributed by atoms with Crippen LogP contribution in [0, 0.1) is 0 Å². The summed E-state index contributed by atoms with van der Waals surface area (Å²) in [4.78, 5) is 33.4. The van der Waals surface area contributed by atoms with Gasteiger partial charge in [-0.25, -0.2) is 15.0 Å². The average molecular weight is 422 g/mol. The van der Waals surface area contributed by atoms with Gasteiger partial charge in [0, 0.05) is 54.2 Å². The van der Waals surface area contributed by atoms with Gasteiger partial charge in [0.1, 0.15) is 0 Å². The number of carbonyl (C=O) groups excluding carboxylic acids is 1. The number of nitrogens with zero attached hydrogens (tertiary/aromatic N) is 4. The summed E-state index contributed by atoms with van der Waals surface area (Å²) in [5, 5.41) is 4.97. The summed E-state index contributed by atoms with van der Waals surface area (Å²) in [5.41, 5.74) is 2.67. The van der Waals surface area contributed by atoms with Gasteiger partial charge < -0.3 is 20.2 Å². The Hall–Kier alpha value is -3.39. The van der Waals surface area contributed by atoms with Crippen molar-refractivity contribution in [3.63, 3.8) is 0 Å². The number of anilines is 1. The topological polar surface area (TPSA) is 103 Å². The number of amides is 1. The van der Waals surface area contributed by atoms with Crippen LogP contribution in [0.25, 0.3) is 22.2 Å². The molecule has 3 N–H and O–H groups in total. The molecule has 1 saturated heterocycles. The summed E-state index contributed by atoms with van der Waals surface area (Å²) < 4.78 is 0. The zero-order chi connectivity index (χ0) is 20.5. The van der Waals surface area contributed by atoms with E-state index in [2.05, 4.69) is 30.2 Å². The van der Waals surface area contributed by atoms with Gasteiger partial charge in [-0.15, -0.1) is 0 Å². The number of para-hydroxylation sites is 1. The van der Waals surface area contributed by atoms with E-state index in [0.29, 0.717) is 35.6 Å². The highest BCUT2D eigenvalue weighted by atomic mass is 35.5. The number of rotatable bonds is 4. The number of H-pyrrole nitrogens is 2. The van der Waals surface area contributed by atoms with E-state index in [1.165, 1.54) is 0 Å². The lowest BCUT2D eigenvalue weighted by atomic mass is 10.1. The van der Waals surface area contributed by atoms with Gasteiger partial charge >= 0.3 is 0 Å². The number of fused-ring (bicyclic) bond motifs is 1. The summed E-state index contributed by atoms with van der Waals surface area (Å²) in [7, 11) is 0. The summed E-state index contributed by atoms with van der Waals surface area (Å²) in [6.45, 7) is 1.31. The second kappa shape index (κ2) is 7.79. The molecule has 0 unspecified atom stereocenters. The quantitative estimate of drug-likeness (QED) is 0.466. The SMILES string of the molecule is O=C(c1ncc[nH]1)N1CCC(Nc2ncc(Cl)c(-c3c[nH]c4ccccc34)n2)CC1. The Kier molecular flexibility index (Phi) is 4.84. The van der Waals surface area contributed by atoms with Crippen LogP contribution in [0.1, 0.15) is 23.5 Å². The van der Waals surface area contributed by atoms with Gasteiger partial charge in [-0.1, -0.05) is 29.8 Å². The van der Waals surface area contributed by atoms with Crippen LogP contribution < -0.4 is 5.32 Å². The third-order valence-electron chi connectivity index (χ3n) is 5.40. The van der Waals surface area contributed by atoms with Crippen molar-refractivity contribution < 1.29 is 4.79 Å². The van der Waals surface area contributed by atoms with Crippen molar-refractivity contribution in [1.82, 2.24) is 29.8 Å². The number of imidazole rings is 1. The van der Waals surface area contributed by atoms with E-state index in [0.717, 1.165) is 29.3 Å². The molecule has 1 aromatic carbocycles. The lowest BCUT2D eigenvalue weighted by Crippen LogP contribution is -2.42. The van der Waals surface area contributed by atoms with Crippen molar-refractivity contribution in [1.29, 1.82) is 0 Å². The van der Waals surface area contributed by atoms with Crippen LogP contribution >= 0.6 is 11.6 Å². The Labute approximate surface area is 177 Å². The van der Waals surface area contributed by atoms with Crippen molar-refractivity contribution in [2.75, 3.05) is 18.4 Å². The number of hydrogen-bond acceptors (Lipinski definition) is 5. The Morgan fingerprint density at radius 3 is 2.80 bits per heavy atom. The fourth-order valence-electron chi connectivity index (χ4n) is 3.83. The summed E-state index contributed by atoms with van der Waals surface area (Å²) in [5.74, 6) is 0.851. The minimum absolute atomic E-state index is 0.0668. The molecule has 4 aromatic rings. The number of likely N-dealkylation sites (tertiary alicyclic amines) is 1. The van der Waals surface area contributed by atoms with Crippen molar-refractivity contribution in [3.8, 4) is 11.3 Å². The van der Waals surface area contributed by atoms with Crippen LogP contribution in [-0.2, 0) is 0 Å². The Morgan fingerprint density at radius 1 is 1.17 bits per heavy atom. The second-order valence-electron chi connectivity index (χ2n) is 7.29. The molecule has 0 aliphatic carbocycles. The molecule has 1 aliphatic heterocycles. The van der Waals surface area contributed by atoms with Crippen molar-refractivity contribution >= 4 is 34.4 Å². The first-order valence-electron chi connectivity index (χ1n) is 9.83. The maximum atomic E-state index is 12.4. The van der Waals surface area contributed by atoms with E-state index < -0.39 is 0 Å². The minimum atomic E-state index is -0.0668. The molecule has 0 spiro atoms. The monoisotopic (exact) mass is 421 g/mol. The number of halogens is 1. The van der Waals surface area contributed by atoms with Gasteiger partial charge in [0.2, 0.25) is 5.95 Å². The van der Waals surface area contributed by atoms with Crippen molar-refractivity contribution in [3.05, 3.63) is 59.9 Å². The van der Waals surface area contributed by atoms with E-state index in [1.54, 1.807) is 18.6 Å². The molecular weight excluding hydrogens is 402 g/mol. The highest BCUT2D eigenvalue weighted by Gasteiger charge is 2.25. The number of aromatic nitrogens is 5. The Balaban J connectivity index is 1.30. The number of piperidine rings is 1. The third-order valence-corrected chi connectivity index (χ3v) is 5.68. The van der Waals surface area contributed by atoms with Gasteiger partial charge in [-0.05, 0) is 18.9 Å². The fourth-order valence-corrected chi connectivity index (χ4v) is 4.03. The maximum Gasteiger partial charge on any atom is 0.289 e. The maximum absolute atomic E-state index is 12.4. The van der Waals surface area contributed by atoms with E-state index >= 15 is 0 Å². The largest absolute Gasteiger partial charge is 0.360 e. The molecule has 30 heavy (non-hydrogen) atoms. The van der Waals surface area contributed by atoms with Crippen LogP contribution in [-0.4, -0.2) is 54.9 Å². The van der Waals surface area contributed by atoms with Crippen LogP contribution in [0.4, 0.5) is 5.95 Å². The molecule has 0 atom stereocenters. The highest BCUT2D eigenvalue weighted by molar-refractivity contribution is 6.33. The van der Waals surface area contributed by atoms with Gasteiger partial charge in [0.25, 0.3) is 5.91 Å². The summed E-state index contributed by atoms with van der Waals surface area (Å²) >= 11 is 6.41. The van der Waals surface area contributed by atoms with Gasteiger partial charge in [0.05, 0.1) is 16.9 Å². The highest BCUT2D eigenvalue weighted by Crippen LogP contribution is 2.32. The predicted octanol–water partition coefficient (Wildman–Crippen LogP) is 3.72. The first-order chi connectivity index (χ1) is 14.7. The summed E-state index contributed by atoms with van der Waals surface area (Å²) in [6.07, 6.45) is 8.40. The molecule has 0 saturated carbocycles. The van der Waals surface area contributed by atoms with Crippen molar-refractivity contribution in [2.24, 2.45) is 0 Å². The molecule has 0 radical (unpaired) electrons. The van der Waals surface area contributed by atoms with Gasteiger partial charge in [-0.2, -0.15) is 0 Å². The molecule has 152 valence electrons. The number of hydrogen-bond donors (Lipinski definition) is 3. The molecular formula is C21H20ClN7O. The third kappa shape index (κ3) is 3.50. The summed E-state index contributed by atoms with van der Waals surface area (Å²) in [6, 6.07) is 8.22. The molecule has 0 bridgehead atoms.